The summed E-state index contributed by atoms with van der Waals surface area (Å²) in [5.41, 5.74) is 1.43. The third kappa shape index (κ3) is 3.27. The molecular formula is C16H24ClN. The zero-order valence-corrected chi connectivity index (χ0v) is 12.2. The first-order chi connectivity index (χ1) is 8.74. The Labute approximate surface area is 116 Å². The van der Waals surface area contributed by atoms with Gasteiger partial charge in [0, 0.05) is 5.02 Å². The average Bonchev–Trinajstić information content (AvgIpc) is 2.39. The van der Waals surface area contributed by atoms with Gasteiger partial charge in [0.15, 0.2) is 0 Å². The van der Waals surface area contributed by atoms with E-state index in [2.05, 4.69) is 37.5 Å². The van der Waals surface area contributed by atoms with E-state index in [1.807, 2.05) is 6.07 Å². The molecule has 2 heteroatoms. The van der Waals surface area contributed by atoms with E-state index in [9.17, 15) is 0 Å². The van der Waals surface area contributed by atoms with Crippen LogP contribution in [0.4, 0.5) is 0 Å². The SMILES string of the molecule is CCC1CCC(CNC)C(c2cccc(Cl)c2)C1. The van der Waals surface area contributed by atoms with Crippen molar-refractivity contribution in [3.63, 3.8) is 0 Å². The Bertz CT molecular complexity index is 377. The van der Waals surface area contributed by atoms with E-state index in [0.29, 0.717) is 5.92 Å². The maximum Gasteiger partial charge on any atom is 0.0408 e. The van der Waals surface area contributed by atoms with Gasteiger partial charge < -0.3 is 5.32 Å². The number of rotatable bonds is 4. The van der Waals surface area contributed by atoms with Crippen molar-refractivity contribution in [2.24, 2.45) is 11.8 Å². The lowest BCUT2D eigenvalue weighted by atomic mass is 9.70. The van der Waals surface area contributed by atoms with Gasteiger partial charge in [0.05, 0.1) is 0 Å². The molecule has 0 spiro atoms. The van der Waals surface area contributed by atoms with E-state index >= 15 is 0 Å². The van der Waals surface area contributed by atoms with Crippen LogP contribution in [0.1, 0.15) is 44.1 Å². The minimum absolute atomic E-state index is 0.676. The van der Waals surface area contributed by atoms with Crippen LogP contribution in [-0.4, -0.2) is 13.6 Å². The van der Waals surface area contributed by atoms with Gasteiger partial charge in [-0.3, -0.25) is 0 Å². The molecule has 3 unspecified atom stereocenters. The number of hydrogen-bond donors (Lipinski definition) is 1. The van der Waals surface area contributed by atoms with Gasteiger partial charge in [-0.05, 0) is 61.9 Å². The molecule has 1 nitrogen and oxygen atoms in total. The summed E-state index contributed by atoms with van der Waals surface area (Å²) < 4.78 is 0. The lowest BCUT2D eigenvalue weighted by Gasteiger charge is -2.36. The highest BCUT2D eigenvalue weighted by Crippen LogP contribution is 2.41. The molecule has 3 atom stereocenters. The summed E-state index contributed by atoms with van der Waals surface area (Å²) in [6, 6.07) is 8.46. The topological polar surface area (TPSA) is 12.0 Å². The lowest BCUT2D eigenvalue weighted by Crippen LogP contribution is -2.30. The summed E-state index contributed by atoms with van der Waals surface area (Å²) >= 11 is 6.14. The Kier molecular flexibility index (Phi) is 5.08. The Morgan fingerprint density at radius 2 is 2.17 bits per heavy atom. The first-order valence-electron chi connectivity index (χ1n) is 7.14. The van der Waals surface area contributed by atoms with Gasteiger partial charge in [-0.15, -0.1) is 0 Å². The predicted molar refractivity (Wildman–Crippen MR) is 79.2 cm³/mol. The summed E-state index contributed by atoms with van der Waals surface area (Å²) in [5.74, 6) is 2.33. The molecule has 0 heterocycles. The first kappa shape index (κ1) is 13.9. The van der Waals surface area contributed by atoms with E-state index in [-0.39, 0.29) is 0 Å². The van der Waals surface area contributed by atoms with E-state index in [4.69, 9.17) is 11.6 Å². The molecule has 0 amide bonds. The fourth-order valence-corrected chi connectivity index (χ4v) is 3.54. The molecule has 1 aromatic rings. The normalized spacial score (nSPS) is 28.3. The maximum atomic E-state index is 6.14. The predicted octanol–water partition coefficient (Wildman–Crippen LogP) is 4.47. The van der Waals surface area contributed by atoms with E-state index in [1.165, 1.54) is 31.2 Å². The summed E-state index contributed by atoms with van der Waals surface area (Å²) in [4.78, 5) is 0. The number of benzene rings is 1. The standard InChI is InChI=1S/C16H24ClN/c1-3-12-7-8-14(11-18-2)16(9-12)13-5-4-6-15(17)10-13/h4-6,10,12,14,16,18H,3,7-9,11H2,1-2H3. The molecule has 2 rings (SSSR count). The molecule has 1 aromatic carbocycles. The first-order valence-corrected chi connectivity index (χ1v) is 7.52. The van der Waals surface area contributed by atoms with Gasteiger partial charge in [0.25, 0.3) is 0 Å². The number of hydrogen-bond acceptors (Lipinski definition) is 1. The molecule has 1 fully saturated rings. The Morgan fingerprint density at radius 1 is 1.33 bits per heavy atom. The highest BCUT2D eigenvalue weighted by atomic mass is 35.5. The van der Waals surface area contributed by atoms with Crippen molar-refractivity contribution in [3.8, 4) is 0 Å². The van der Waals surface area contributed by atoms with E-state index < -0.39 is 0 Å². The molecule has 1 saturated carbocycles. The van der Waals surface area contributed by atoms with Gasteiger partial charge >= 0.3 is 0 Å². The monoisotopic (exact) mass is 265 g/mol. The highest BCUT2D eigenvalue weighted by molar-refractivity contribution is 6.30. The summed E-state index contributed by atoms with van der Waals surface area (Å²) in [7, 11) is 2.06. The molecule has 1 N–H and O–H groups in total. The molecule has 0 aliphatic heterocycles. The zero-order chi connectivity index (χ0) is 13.0. The van der Waals surface area contributed by atoms with Crippen molar-refractivity contribution in [2.75, 3.05) is 13.6 Å². The molecule has 0 saturated heterocycles. The molecule has 18 heavy (non-hydrogen) atoms. The van der Waals surface area contributed by atoms with Crippen LogP contribution in [0.25, 0.3) is 0 Å². The average molecular weight is 266 g/mol. The van der Waals surface area contributed by atoms with Crippen LogP contribution in [0.5, 0.6) is 0 Å². The molecule has 0 aromatic heterocycles. The molecule has 100 valence electrons. The van der Waals surface area contributed by atoms with Crippen LogP contribution < -0.4 is 5.32 Å². The molecule has 1 aliphatic rings. The minimum Gasteiger partial charge on any atom is -0.319 e. The zero-order valence-electron chi connectivity index (χ0n) is 11.5. The number of nitrogens with one attached hydrogen (secondary N) is 1. The summed E-state index contributed by atoms with van der Waals surface area (Å²) in [6.07, 6.45) is 5.36. The second kappa shape index (κ2) is 6.58. The largest absolute Gasteiger partial charge is 0.319 e. The van der Waals surface area contributed by atoms with E-state index in [0.717, 1.165) is 23.4 Å². The van der Waals surface area contributed by atoms with Crippen LogP contribution in [0, 0.1) is 11.8 Å². The molecule has 0 radical (unpaired) electrons. The summed E-state index contributed by atoms with van der Waals surface area (Å²) in [5, 5.41) is 4.22. The smallest absolute Gasteiger partial charge is 0.0408 e. The van der Waals surface area contributed by atoms with Crippen molar-refractivity contribution in [2.45, 2.75) is 38.5 Å². The Morgan fingerprint density at radius 3 is 2.83 bits per heavy atom. The van der Waals surface area contributed by atoms with Gasteiger partial charge in [0.1, 0.15) is 0 Å². The van der Waals surface area contributed by atoms with Crippen LogP contribution >= 0.6 is 11.6 Å². The van der Waals surface area contributed by atoms with Crippen LogP contribution in [0.3, 0.4) is 0 Å². The third-order valence-electron chi connectivity index (χ3n) is 4.42. The lowest BCUT2D eigenvalue weighted by molar-refractivity contribution is 0.228. The molecular weight excluding hydrogens is 242 g/mol. The maximum absolute atomic E-state index is 6.14. The second-order valence-corrected chi connectivity index (χ2v) is 6.00. The Balaban J connectivity index is 2.18. The number of halogens is 1. The fraction of sp³-hybridized carbons (Fsp3) is 0.625. The quantitative estimate of drug-likeness (QED) is 0.847. The van der Waals surface area contributed by atoms with Crippen LogP contribution in [0.2, 0.25) is 5.02 Å². The molecule has 0 bridgehead atoms. The minimum atomic E-state index is 0.676. The van der Waals surface area contributed by atoms with Crippen molar-refractivity contribution >= 4 is 11.6 Å². The van der Waals surface area contributed by atoms with Crippen LogP contribution in [0.15, 0.2) is 24.3 Å². The second-order valence-electron chi connectivity index (χ2n) is 5.57. The van der Waals surface area contributed by atoms with Crippen molar-refractivity contribution < 1.29 is 0 Å². The molecule has 1 aliphatic carbocycles. The third-order valence-corrected chi connectivity index (χ3v) is 4.66. The highest BCUT2D eigenvalue weighted by Gasteiger charge is 2.30. The van der Waals surface area contributed by atoms with Crippen molar-refractivity contribution in [1.82, 2.24) is 5.32 Å². The van der Waals surface area contributed by atoms with E-state index in [1.54, 1.807) is 0 Å². The van der Waals surface area contributed by atoms with Crippen LogP contribution in [-0.2, 0) is 0 Å². The van der Waals surface area contributed by atoms with Gasteiger partial charge in [-0.1, -0.05) is 43.5 Å². The Hall–Kier alpha value is -0.530. The van der Waals surface area contributed by atoms with Gasteiger partial charge in [0.2, 0.25) is 0 Å². The van der Waals surface area contributed by atoms with Crippen molar-refractivity contribution in [1.29, 1.82) is 0 Å². The van der Waals surface area contributed by atoms with Gasteiger partial charge in [-0.2, -0.15) is 0 Å². The fourth-order valence-electron chi connectivity index (χ4n) is 3.34. The van der Waals surface area contributed by atoms with Gasteiger partial charge in [-0.25, -0.2) is 0 Å². The summed E-state index contributed by atoms with van der Waals surface area (Å²) in [6.45, 7) is 3.44. The van der Waals surface area contributed by atoms with Crippen molar-refractivity contribution in [3.05, 3.63) is 34.9 Å².